The maximum atomic E-state index is 11.9. The van der Waals surface area contributed by atoms with E-state index in [4.69, 9.17) is 9.47 Å². The lowest BCUT2D eigenvalue weighted by Gasteiger charge is -2.09. The Morgan fingerprint density at radius 3 is 1.67 bits per heavy atom. The standard InChI is InChI=1S/C19H17BrO4/c1-14(12-23-18(21)15-8-4-2-5-9-15)17(20)13-24-19(22)16-10-6-3-7-11-16/h2-11H,12-13H2,1H3/b17-14-. The van der Waals surface area contributed by atoms with E-state index in [0.29, 0.717) is 15.6 Å². The number of ether oxygens (including phenoxy) is 2. The van der Waals surface area contributed by atoms with Crippen LogP contribution in [0.2, 0.25) is 0 Å². The van der Waals surface area contributed by atoms with Crippen molar-refractivity contribution in [2.45, 2.75) is 6.92 Å². The highest BCUT2D eigenvalue weighted by atomic mass is 79.9. The predicted octanol–water partition coefficient (Wildman–Crippen LogP) is 4.37. The van der Waals surface area contributed by atoms with E-state index in [1.165, 1.54) is 0 Å². The fourth-order valence-corrected chi connectivity index (χ4v) is 2.05. The Morgan fingerprint density at radius 1 is 0.792 bits per heavy atom. The molecule has 0 bridgehead atoms. The molecule has 0 fully saturated rings. The Morgan fingerprint density at radius 2 is 1.21 bits per heavy atom. The molecule has 0 N–H and O–H groups in total. The van der Waals surface area contributed by atoms with Gasteiger partial charge >= 0.3 is 11.9 Å². The summed E-state index contributed by atoms with van der Waals surface area (Å²) in [5.74, 6) is -0.793. The van der Waals surface area contributed by atoms with E-state index in [0.717, 1.165) is 5.57 Å². The molecule has 0 saturated heterocycles. The Hall–Kier alpha value is -2.40. The second kappa shape index (κ2) is 9.03. The minimum absolute atomic E-state index is 0.0858. The molecule has 0 saturated carbocycles. The van der Waals surface area contributed by atoms with Crippen LogP contribution in [0.3, 0.4) is 0 Å². The van der Waals surface area contributed by atoms with Crippen molar-refractivity contribution in [2.24, 2.45) is 0 Å². The number of halogens is 1. The zero-order valence-electron chi connectivity index (χ0n) is 13.2. The average Bonchev–Trinajstić information content (AvgIpc) is 2.64. The van der Waals surface area contributed by atoms with Crippen LogP contribution in [0.4, 0.5) is 0 Å². The molecule has 0 spiro atoms. The predicted molar refractivity (Wildman–Crippen MR) is 95.1 cm³/mol. The topological polar surface area (TPSA) is 52.6 Å². The molecule has 0 aromatic heterocycles. The minimum Gasteiger partial charge on any atom is -0.458 e. The highest BCUT2D eigenvalue weighted by Crippen LogP contribution is 2.14. The molecule has 0 unspecified atom stereocenters. The van der Waals surface area contributed by atoms with Crippen molar-refractivity contribution in [3.63, 3.8) is 0 Å². The van der Waals surface area contributed by atoms with Gasteiger partial charge in [-0.3, -0.25) is 0 Å². The Labute approximate surface area is 149 Å². The van der Waals surface area contributed by atoms with E-state index in [1.54, 1.807) is 55.5 Å². The zero-order chi connectivity index (χ0) is 17.4. The molecule has 0 aliphatic rings. The number of rotatable bonds is 6. The summed E-state index contributed by atoms with van der Waals surface area (Å²) in [6.07, 6.45) is 0. The molecule has 0 radical (unpaired) electrons. The van der Waals surface area contributed by atoms with Gasteiger partial charge in [0.15, 0.2) is 0 Å². The lowest BCUT2D eigenvalue weighted by molar-refractivity contribution is 0.0518. The van der Waals surface area contributed by atoms with E-state index in [1.807, 2.05) is 12.1 Å². The first-order valence-corrected chi connectivity index (χ1v) is 8.15. The average molecular weight is 389 g/mol. The minimum atomic E-state index is -0.401. The summed E-state index contributed by atoms with van der Waals surface area (Å²) in [6, 6.07) is 17.5. The maximum absolute atomic E-state index is 11.9. The highest BCUT2D eigenvalue weighted by molar-refractivity contribution is 9.11. The molecule has 124 valence electrons. The lowest BCUT2D eigenvalue weighted by atomic mass is 10.2. The quantitative estimate of drug-likeness (QED) is 0.689. The fraction of sp³-hybridized carbons (Fsp3) is 0.158. The molecule has 0 aliphatic heterocycles. The molecule has 0 heterocycles. The van der Waals surface area contributed by atoms with Gasteiger partial charge in [-0.25, -0.2) is 9.59 Å². The molecular formula is C19H17BrO4. The van der Waals surface area contributed by atoms with Crippen LogP contribution in [-0.4, -0.2) is 25.2 Å². The normalized spacial score (nSPS) is 11.4. The van der Waals surface area contributed by atoms with Gasteiger partial charge < -0.3 is 9.47 Å². The van der Waals surface area contributed by atoms with Crippen molar-refractivity contribution in [1.82, 2.24) is 0 Å². The first kappa shape index (κ1) is 17.9. The molecular weight excluding hydrogens is 372 g/mol. The number of carbonyl (C=O) groups is 2. The SMILES string of the molecule is C/C(COC(=O)c1ccccc1)=C(/Br)COC(=O)c1ccccc1. The molecule has 0 atom stereocenters. The van der Waals surface area contributed by atoms with Gasteiger partial charge in [0.25, 0.3) is 0 Å². The first-order valence-electron chi connectivity index (χ1n) is 7.36. The summed E-state index contributed by atoms with van der Waals surface area (Å²) in [5.41, 5.74) is 1.77. The van der Waals surface area contributed by atoms with Gasteiger partial charge in [0.2, 0.25) is 0 Å². The van der Waals surface area contributed by atoms with Crippen molar-refractivity contribution in [3.8, 4) is 0 Å². The van der Waals surface area contributed by atoms with Crippen LogP contribution in [0, 0.1) is 0 Å². The second-order valence-corrected chi connectivity index (χ2v) is 6.03. The Balaban J connectivity index is 1.84. The van der Waals surface area contributed by atoms with Crippen LogP contribution < -0.4 is 0 Å². The summed E-state index contributed by atoms with van der Waals surface area (Å²) >= 11 is 3.36. The van der Waals surface area contributed by atoms with Crippen LogP contribution in [0.1, 0.15) is 27.6 Å². The Kier molecular flexibility index (Phi) is 6.75. The van der Waals surface area contributed by atoms with Gasteiger partial charge in [0.1, 0.15) is 13.2 Å². The summed E-state index contributed by atoms with van der Waals surface area (Å²) in [6.45, 7) is 2.01. The van der Waals surface area contributed by atoms with Gasteiger partial charge in [0.05, 0.1) is 11.1 Å². The molecule has 0 aliphatic carbocycles. The smallest absolute Gasteiger partial charge is 0.338 e. The van der Waals surface area contributed by atoms with Gasteiger partial charge in [-0.2, -0.15) is 0 Å². The third kappa shape index (κ3) is 5.35. The van der Waals surface area contributed by atoms with Gasteiger partial charge in [-0.1, -0.05) is 52.3 Å². The third-order valence-corrected chi connectivity index (χ3v) is 4.14. The van der Waals surface area contributed by atoms with Crippen LogP contribution >= 0.6 is 15.9 Å². The third-order valence-electron chi connectivity index (χ3n) is 3.23. The van der Waals surface area contributed by atoms with Crippen molar-refractivity contribution < 1.29 is 19.1 Å². The number of benzene rings is 2. The van der Waals surface area contributed by atoms with Crippen molar-refractivity contribution in [1.29, 1.82) is 0 Å². The van der Waals surface area contributed by atoms with Crippen LogP contribution in [0.5, 0.6) is 0 Å². The second-order valence-electron chi connectivity index (χ2n) is 5.07. The van der Waals surface area contributed by atoms with Crippen molar-refractivity contribution >= 4 is 27.9 Å². The highest BCUT2D eigenvalue weighted by Gasteiger charge is 2.10. The van der Waals surface area contributed by atoms with Crippen LogP contribution in [0.15, 0.2) is 70.7 Å². The Bertz CT molecular complexity index is 660. The summed E-state index contributed by atoms with van der Waals surface area (Å²) in [7, 11) is 0. The zero-order valence-corrected chi connectivity index (χ0v) is 14.8. The van der Waals surface area contributed by atoms with Gasteiger partial charge in [0, 0.05) is 4.48 Å². The monoisotopic (exact) mass is 388 g/mol. The number of hydrogen-bond acceptors (Lipinski definition) is 4. The van der Waals surface area contributed by atoms with Gasteiger partial charge in [-0.05, 0) is 36.8 Å². The first-order chi connectivity index (χ1) is 11.6. The number of esters is 2. The van der Waals surface area contributed by atoms with E-state index in [2.05, 4.69) is 15.9 Å². The summed E-state index contributed by atoms with van der Waals surface area (Å²) < 4.78 is 11.1. The molecule has 2 rings (SSSR count). The van der Waals surface area contributed by atoms with Crippen LogP contribution in [-0.2, 0) is 9.47 Å². The van der Waals surface area contributed by atoms with Gasteiger partial charge in [-0.15, -0.1) is 0 Å². The molecule has 2 aromatic carbocycles. The largest absolute Gasteiger partial charge is 0.458 e. The molecule has 2 aromatic rings. The molecule has 0 amide bonds. The maximum Gasteiger partial charge on any atom is 0.338 e. The number of hydrogen-bond donors (Lipinski definition) is 0. The molecule has 24 heavy (non-hydrogen) atoms. The van der Waals surface area contributed by atoms with Crippen molar-refractivity contribution in [2.75, 3.05) is 13.2 Å². The van der Waals surface area contributed by atoms with E-state index < -0.39 is 11.9 Å². The fourth-order valence-electron chi connectivity index (χ4n) is 1.82. The summed E-state index contributed by atoms with van der Waals surface area (Å²) in [5, 5.41) is 0. The summed E-state index contributed by atoms with van der Waals surface area (Å²) in [4.78, 5) is 23.7. The van der Waals surface area contributed by atoms with E-state index in [-0.39, 0.29) is 13.2 Å². The lowest BCUT2D eigenvalue weighted by Crippen LogP contribution is -2.10. The van der Waals surface area contributed by atoms with Crippen molar-refractivity contribution in [3.05, 3.63) is 81.8 Å². The van der Waals surface area contributed by atoms with E-state index in [9.17, 15) is 9.59 Å². The van der Waals surface area contributed by atoms with E-state index >= 15 is 0 Å². The molecule has 5 heteroatoms. The molecule has 4 nitrogen and oxygen atoms in total. The number of carbonyl (C=O) groups excluding carboxylic acids is 2. The van der Waals surface area contributed by atoms with Crippen LogP contribution in [0.25, 0.3) is 0 Å².